The van der Waals surface area contributed by atoms with E-state index in [1.54, 1.807) is 0 Å². The molecule has 0 bridgehead atoms. The average molecular weight is 521 g/mol. The third-order valence-electron chi connectivity index (χ3n) is 4.82. The summed E-state index contributed by atoms with van der Waals surface area (Å²) in [6, 6.07) is 4.71. The van der Waals surface area contributed by atoms with Gasteiger partial charge in [-0.2, -0.15) is 4.68 Å². The second-order valence-corrected chi connectivity index (χ2v) is 7.69. The molecule has 0 radical (unpaired) electrons. The molecule has 0 saturated heterocycles. The fourth-order valence-electron chi connectivity index (χ4n) is 3.06. The molecular weight excluding hydrogens is 503 g/mol. The van der Waals surface area contributed by atoms with Crippen LogP contribution in [0.2, 0.25) is 5.02 Å². The summed E-state index contributed by atoms with van der Waals surface area (Å²) in [6.45, 7) is -0.368. The predicted octanol–water partition coefficient (Wildman–Crippen LogP) is 3.79. The summed E-state index contributed by atoms with van der Waals surface area (Å²) in [7, 11) is 1.25. The number of ether oxygens (including phenoxy) is 1. The highest BCUT2D eigenvalue weighted by atomic mass is 35.5. The lowest BCUT2D eigenvalue weighted by molar-refractivity contribution is -0.00159. The van der Waals surface area contributed by atoms with Crippen molar-refractivity contribution < 1.29 is 36.6 Å². The molecule has 0 aliphatic heterocycles. The van der Waals surface area contributed by atoms with Crippen molar-refractivity contribution in [2.24, 2.45) is 7.05 Å². The highest BCUT2D eigenvalue weighted by Gasteiger charge is 2.28. The number of halogens is 6. The molecule has 0 aliphatic rings. The molecule has 1 aromatic heterocycles. The molecule has 35 heavy (non-hydrogen) atoms. The van der Waals surface area contributed by atoms with E-state index < -0.39 is 71.2 Å². The third-order valence-corrected chi connectivity index (χ3v) is 5.14. The Morgan fingerprint density at radius 1 is 1.26 bits per heavy atom. The van der Waals surface area contributed by atoms with E-state index in [9.17, 15) is 32.3 Å². The van der Waals surface area contributed by atoms with Crippen LogP contribution in [0.5, 0.6) is 5.75 Å². The first-order valence-electron chi connectivity index (χ1n) is 9.90. The van der Waals surface area contributed by atoms with Gasteiger partial charge in [-0.15, -0.1) is 5.10 Å². The Hall–Kier alpha value is -3.45. The van der Waals surface area contributed by atoms with Crippen molar-refractivity contribution in [3.63, 3.8) is 0 Å². The molecule has 2 aromatic carbocycles. The molecule has 14 heteroatoms. The van der Waals surface area contributed by atoms with Gasteiger partial charge in [-0.1, -0.05) is 17.7 Å². The van der Waals surface area contributed by atoms with Gasteiger partial charge in [0.15, 0.2) is 11.9 Å². The van der Waals surface area contributed by atoms with Crippen molar-refractivity contribution in [2.45, 2.75) is 25.6 Å². The highest BCUT2D eigenvalue weighted by molar-refractivity contribution is 6.34. The van der Waals surface area contributed by atoms with Crippen molar-refractivity contribution in [2.75, 3.05) is 12.0 Å². The van der Waals surface area contributed by atoms with Crippen LogP contribution in [0.3, 0.4) is 0 Å². The number of aromatic nitrogens is 3. The van der Waals surface area contributed by atoms with Crippen LogP contribution < -0.4 is 15.7 Å². The van der Waals surface area contributed by atoms with Gasteiger partial charge < -0.3 is 15.2 Å². The molecule has 0 fully saturated rings. The molecule has 0 unspecified atom stereocenters. The van der Waals surface area contributed by atoms with E-state index in [-0.39, 0.29) is 10.8 Å². The Morgan fingerprint density at radius 2 is 1.94 bits per heavy atom. The number of hydrogen-bond acceptors (Lipinski definition) is 5. The molecule has 8 nitrogen and oxygen atoms in total. The van der Waals surface area contributed by atoms with Gasteiger partial charge in [-0.25, -0.2) is 26.7 Å². The summed E-state index contributed by atoms with van der Waals surface area (Å²) < 4.78 is 75.0. The molecule has 2 atom stereocenters. The molecule has 3 rings (SSSR count). The van der Waals surface area contributed by atoms with Crippen LogP contribution in [0.15, 0.2) is 35.1 Å². The van der Waals surface area contributed by atoms with Crippen LogP contribution in [0, 0.1) is 11.6 Å². The third kappa shape index (κ3) is 5.30. The molecule has 0 spiro atoms. The van der Waals surface area contributed by atoms with E-state index >= 15 is 4.39 Å². The van der Waals surface area contributed by atoms with E-state index in [1.165, 1.54) is 26.1 Å². The number of benzene rings is 2. The smallest absolute Gasteiger partial charge is 0.350 e. The molecule has 2 N–H and O–H groups in total. The number of carbonyl (C=O) groups is 1. The van der Waals surface area contributed by atoms with Crippen molar-refractivity contribution in [1.82, 2.24) is 14.3 Å². The topological polar surface area (TPSA) is 98.4 Å². The van der Waals surface area contributed by atoms with Crippen LogP contribution in [0.25, 0.3) is 5.69 Å². The molecule has 0 saturated carbocycles. The Labute approximate surface area is 199 Å². The molecule has 0 aliphatic carbocycles. The van der Waals surface area contributed by atoms with Gasteiger partial charge >= 0.3 is 5.69 Å². The summed E-state index contributed by atoms with van der Waals surface area (Å²) in [5.41, 5.74) is -2.76. The number of anilines is 1. The Bertz CT molecular complexity index is 1290. The number of aliphatic hydroxyl groups excluding tert-OH is 1. The first-order valence-corrected chi connectivity index (χ1v) is 10.3. The van der Waals surface area contributed by atoms with Gasteiger partial charge in [0.2, 0.25) is 0 Å². The van der Waals surface area contributed by atoms with Crippen LogP contribution >= 0.6 is 11.6 Å². The second kappa shape index (κ2) is 10.4. The SMILES string of the molecule is C[C@H](O)c1nn(-c2cc(O[C@@H](CF)C(F)F)c(C(=O)Nc3c(F)cccc3Cl)cc2F)c(=O)n1C. The standard InChI is InChI=1S/C21H18ClF5N4O4/c1-9(32)19-29-31(21(34)30(19)2)14-7-15(35-16(8-23)18(26)27)10(6-13(14)25)20(33)28-17-11(22)4-3-5-12(17)24/h3-7,9,16,18,32H,8H2,1-2H3,(H,28,33)/t9-,16-/m0/s1. The zero-order valence-corrected chi connectivity index (χ0v) is 18.9. The molecule has 3 aromatic rings. The number of hydrogen-bond donors (Lipinski definition) is 2. The minimum Gasteiger partial charge on any atom is -0.481 e. The van der Waals surface area contributed by atoms with Gasteiger partial charge in [0.05, 0.1) is 16.3 Å². The fraction of sp³-hybridized carbons (Fsp3) is 0.286. The van der Waals surface area contributed by atoms with Gasteiger partial charge in [0.25, 0.3) is 12.3 Å². The van der Waals surface area contributed by atoms with Gasteiger partial charge in [0.1, 0.15) is 35.8 Å². The molecule has 1 amide bonds. The van der Waals surface area contributed by atoms with E-state index in [2.05, 4.69) is 10.4 Å². The molecule has 188 valence electrons. The lowest BCUT2D eigenvalue weighted by Crippen LogP contribution is -2.29. The molecular formula is C21H18ClF5N4O4. The quantitative estimate of drug-likeness (QED) is 0.440. The van der Waals surface area contributed by atoms with Crippen molar-refractivity contribution in [3.8, 4) is 11.4 Å². The number of aliphatic hydroxyl groups is 1. The number of nitrogens with zero attached hydrogens (tertiary/aromatic N) is 3. The summed E-state index contributed by atoms with van der Waals surface area (Å²) >= 11 is 5.87. The van der Waals surface area contributed by atoms with Gasteiger partial charge in [-0.05, 0) is 25.1 Å². The minimum atomic E-state index is -3.33. The van der Waals surface area contributed by atoms with Crippen LogP contribution in [-0.4, -0.2) is 44.6 Å². The number of para-hydroxylation sites is 1. The van der Waals surface area contributed by atoms with E-state index in [0.717, 1.165) is 10.6 Å². The van der Waals surface area contributed by atoms with Crippen LogP contribution in [-0.2, 0) is 7.05 Å². The predicted molar refractivity (Wildman–Crippen MR) is 115 cm³/mol. The number of nitrogens with one attached hydrogen (secondary N) is 1. The highest BCUT2D eigenvalue weighted by Crippen LogP contribution is 2.30. The Morgan fingerprint density at radius 3 is 2.49 bits per heavy atom. The first kappa shape index (κ1) is 26.2. The number of rotatable bonds is 8. The number of amides is 1. The Balaban J connectivity index is 2.16. The van der Waals surface area contributed by atoms with Crippen molar-refractivity contribution in [3.05, 3.63) is 68.9 Å². The first-order chi connectivity index (χ1) is 16.5. The average Bonchev–Trinajstić information content (AvgIpc) is 3.09. The van der Waals surface area contributed by atoms with Crippen LogP contribution in [0.4, 0.5) is 27.6 Å². The van der Waals surface area contributed by atoms with E-state index in [1.807, 2.05) is 0 Å². The van der Waals surface area contributed by atoms with Crippen molar-refractivity contribution >= 4 is 23.2 Å². The van der Waals surface area contributed by atoms with Crippen LogP contribution in [0.1, 0.15) is 29.2 Å². The van der Waals surface area contributed by atoms with E-state index in [0.29, 0.717) is 16.8 Å². The number of alkyl halides is 3. The summed E-state index contributed by atoms with van der Waals surface area (Å²) in [6.07, 6.45) is -6.90. The second-order valence-electron chi connectivity index (χ2n) is 7.28. The largest absolute Gasteiger partial charge is 0.481 e. The maximum Gasteiger partial charge on any atom is 0.350 e. The summed E-state index contributed by atoms with van der Waals surface area (Å²) in [5.74, 6) is -4.28. The summed E-state index contributed by atoms with van der Waals surface area (Å²) in [5, 5.41) is 15.4. The maximum atomic E-state index is 15.0. The zero-order valence-electron chi connectivity index (χ0n) is 18.1. The Kier molecular flexibility index (Phi) is 7.80. The zero-order chi connectivity index (χ0) is 26.0. The van der Waals surface area contributed by atoms with Gasteiger partial charge in [0, 0.05) is 13.1 Å². The van der Waals surface area contributed by atoms with E-state index in [4.69, 9.17) is 16.3 Å². The minimum absolute atomic E-state index is 0.151. The van der Waals surface area contributed by atoms with Gasteiger partial charge in [-0.3, -0.25) is 9.36 Å². The number of carbonyl (C=O) groups excluding carboxylic acids is 1. The lowest BCUT2D eigenvalue weighted by Gasteiger charge is -2.19. The monoisotopic (exact) mass is 520 g/mol. The normalized spacial score (nSPS) is 13.1. The maximum absolute atomic E-state index is 15.0. The lowest BCUT2D eigenvalue weighted by atomic mass is 10.1. The summed E-state index contributed by atoms with van der Waals surface area (Å²) in [4.78, 5) is 25.3. The fourth-order valence-corrected chi connectivity index (χ4v) is 3.27. The molecule has 1 heterocycles. The van der Waals surface area contributed by atoms with Crippen molar-refractivity contribution in [1.29, 1.82) is 0 Å².